The number of H-pyrrole nitrogens is 2. The Balaban J connectivity index is 1.59. The van der Waals surface area contributed by atoms with Crippen LogP contribution in [0.5, 0.6) is 0 Å². The molecule has 2 aromatic heterocycles. The van der Waals surface area contributed by atoms with E-state index >= 15 is 0 Å². The highest BCUT2D eigenvalue weighted by atomic mass is 16.1. The summed E-state index contributed by atoms with van der Waals surface area (Å²) in [6.45, 7) is 4.07. The van der Waals surface area contributed by atoms with E-state index in [4.69, 9.17) is 0 Å². The zero-order chi connectivity index (χ0) is 19.7. The van der Waals surface area contributed by atoms with Crippen LogP contribution in [-0.4, -0.2) is 26.1 Å². The first-order valence-corrected chi connectivity index (χ1v) is 9.23. The maximum Gasteiger partial charge on any atom is 0.272 e. The van der Waals surface area contributed by atoms with E-state index in [1.54, 1.807) is 18.2 Å². The van der Waals surface area contributed by atoms with Gasteiger partial charge >= 0.3 is 0 Å². The molecule has 2 aromatic carbocycles. The summed E-state index contributed by atoms with van der Waals surface area (Å²) in [6.07, 6.45) is 0.0702. The van der Waals surface area contributed by atoms with Gasteiger partial charge in [-0.05, 0) is 24.1 Å². The Morgan fingerprint density at radius 1 is 1.07 bits per heavy atom. The number of hydrogen-bond acceptors (Lipinski definition) is 4. The van der Waals surface area contributed by atoms with Gasteiger partial charge in [0.25, 0.3) is 5.56 Å². The molecule has 0 saturated carbocycles. The molecule has 1 atom stereocenters. The maximum absolute atomic E-state index is 12.8. The number of amides is 1. The fourth-order valence-corrected chi connectivity index (χ4v) is 3.35. The van der Waals surface area contributed by atoms with E-state index < -0.39 is 0 Å². The third-order valence-corrected chi connectivity index (χ3v) is 4.79. The van der Waals surface area contributed by atoms with E-state index in [1.807, 2.05) is 44.2 Å². The molecule has 0 bridgehead atoms. The van der Waals surface area contributed by atoms with Crippen LogP contribution in [0.25, 0.3) is 21.8 Å². The third kappa shape index (κ3) is 3.38. The molecule has 7 heteroatoms. The molecule has 2 heterocycles. The van der Waals surface area contributed by atoms with Crippen molar-refractivity contribution in [1.82, 2.24) is 25.5 Å². The molecule has 0 aliphatic rings. The van der Waals surface area contributed by atoms with E-state index in [-0.39, 0.29) is 29.8 Å². The smallest absolute Gasteiger partial charge is 0.272 e. The summed E-state index contributed by atoms with van der Waals surface area (Å²) in [6, 6.07) is 14.7. The molecule has 3 N–H and O–H groups in total. The van der Waals surface area contributed by atoms with Crippen LogP contribution in [0.3, 0.4) is 0 Å². The molecule has 0 aliphatic carbocycles. The zero-order valence-corrected chi connectivity index (χ0v) is 15.7. The summed E-state index contributed by atoms with van der Waals surface area (Å²) in [7, 11) is 0. The van der Waals surface area contributed by atoms with Crippen molar-refractivity contribution in [2.75, 3.05) is 0 Å². The minimum atomic E-state index is -0.262. The van der Waals surface area contributed by atoms with Crippen LogP contribution in [-0.2, 0) is 11.2 Å². The normalized spacial score (nSPS) is 12.5. The van der Waals surface area contributed by atoms with Crippen molar-refractivity contribution in [2.24, 2.45) is 5.92 Å². The lowest BCUT2D eigenvalue weighted by molar-refractivity contribution is -0.121. The molecule has 0 saturated heterocycles. The van der Waals surface area contributed by atoms with E-state index in [0.29, 0.717) is 16.5 Å². The highest BCUT2D eigenvalue weighted by molar-refractivity contribution is 5.88. The fourth-order valence-electron chi connectivity index (χ4n) is 3.35. The predicted octanol–water partition coefficient (Wildman–Crippen LogP) is 2.86. The molecule has 142 valence electrons. The summed E-state index contributed by atoms with van der Waals surface area (Å²) in [5.74, 6) is 0.692. The molecular weight excluding hydrogens is 354 g/mol. The van der Waals surface area contributed by atoms with Gasteiger partial charge in [-0.1, -0.05) is 44.2 Å². The standard InChI is InChI=1S/C21H21N5O2/c1-12(2)19(20-22-15-9-5-6-10-16(15)23-20)24-18(27)11-17-13-7-3-4-8-14(13)21(28)26-25-17/h3-10,12,19H,11H2,1-2H3,(H,22,23)(H,24,27)(H,26,28)/t19-/m0/s1. The molecule has 0 radical (unpaired) electrons. The number of para-hydroxylation sites is 2. The molecule has 4 rings (SSSR count). The van der Waals surface area contributed by atoms with Gasteiger partial charge in [-0.3, -0.25) is 9.59 Å². The fraction of sp³-hybridized carbons (Fsp3) is 0.238. The lowest BCUT2D eigenvalue weighted by atomic mass is 10.0. The minimum Gasteiger partial charge on any atom is -0.346 e. The molecular formula is C21H21N5O2. The van der Waals surface area contributed by atoms with E-state index in [2.05, 4.69) is 25.5 Å². The molecule has 4 aromatic rings. The molecule has 0 aliphatic heterocycles. The van der Waals surface area contributed by atoms with Gasteiger partial charge in [0, 0.05) is 5.39 Å². The summed E-state index contributed by atoms with van der Waals surface area (Å²) < 4.78 is 0. The molecule has 1 amide bonds. The van der Waals surface area contributed by atoms with E-state index in [9.17, 15) is 9.59 Å². The number of rotatable bonds is 5. The number of aromatic amines is 2. The Bertz CT molecular complexity index is 1180. The Morgan fingerprint density at radius 3 is 2.54 bits per heavy atom. The first kappa shape index (κ1) is 17.9. The number of hydrogen-bond donors (Lipinski definition) is 3. The second-order valence-electron chi connectivity index (χ2n) is 7.15. The number of benzene rings is 2. The van der Waals surface area contributed by atoms with E-state index in [1.165, 1.54) is 0 Å². The largest absolute Gasteiger partial charge is 0.346 e. The van der Waals surface area contributed by atoms with E-state index in [0.717, 1.165) is 16.9 Å². The third-order valence-electron chi connectivity index (χ3n) is 4.79. The highest BCUT2D eigenvalue weighted by Gasteiger charge is 2.22. The van der Waals surface area contributed by atoms with Crippen LogP contribution in [0.2, 0.25) is 0 Å². The van der Waals surface area contributed by atoms with Gasteiger partial charge < -0.3 is 10.3 Å². The number of nitrogens with zero attached hydrogens (tertiary/aromatic N) is 2. The van der Waals surface area contributed by atoms with Crippen molar-refractivity contribution in [3.05, 3.63) is 70.4 Å². The van der Waals surface area contributed by atoms with Gasteiger partial charge in [0.05, 0.1) is 34.6 Å². The van der Waals surface area contributed by atoms with Gasteiger partial charge in [0.1, 0.15) is 5.82 Å². The number of nitrogens with one attached hydrogen (secondary N) is 3. The SMILES string of the molecule is CC(C)[C@H](NC(=O)Cc1n[nH]c(=O)c2ccccc12)c1nc2ccccc2[nH]1. The quantitative estimate of drug-likeness (QED) is 0.499. The summed E-state index contributed by atoms with van der Waals surface area (Å²) in [5, 5.41) is 10.8. The van der Waals surface area contributed by atoms with Crippen molar-refractivity contribution >= 4 is 27.7 Å². The number of carbonyl (C=O) groups is 1. The first-order chi connectivity index (χ1) is 13.5. The number of fused-ring (bicyclic) bond motifs is 2. The number of aromatic nitrogens is 4. The van der Waals surface area contributed by atoms with Gasteiger partial charge in [0.15, 0.2) is 0 Å². The first-order valence-electron chi connectivity index (χ1n) is 9.23. The predicted molar refractivity (Wildman–Crippen MR) is 108 cm³/mol. The molecule has 7 nitrogen and oxygen atoms in total. The van der Waals surface area contributed by atoms with Gasteiger partial charge in [0.2, 0.25) is 5.91 Å². The molecule has 0 unspecified atom stereocenters. The number of imidazole rings is 1. The molecule has 0 fully saturated rings. The second kappa shape index (κ2) is 7.26. The van der Waals surface area contributed by atoms with Crippen molar-refractivity contribution < 1.29 is 4.79 Å². The van der Waals surface area contributed by atoms with Gasteiger partial charge in [-0.25, -0.2) is 10.1 Å². The summed E-state index contributed by atoms with van der Waals surface area (Å²) in [4.78, 5) is 32.6. The average Bonchev–Trinajstić information content (AvgIpc) is 3.12. The van der Waals surface area contributed by atoms with Crippen molar-refractivity contribution in [1.29, 1.82) is 0 Å². The lowest BCUT2D eigenvalue weighted by Crippen LogP contribution is -2.34. The lowest BCUT2D eigenvalue weighted by Gasteiger charge is -2.20. The van der Waals surface area contributed by atoms with Crippen molar-refractivity contribution in [3.63, 3.8) is 0 Å². The van der Waals surface area contributed by atoms with Gasteiger partial charge in [-0.15, -0.1) is 0 Å². The average molecular weight is 375 g/mol. The van der Waals surface area contributed by atoms with Crippen LogP contribution in [0.4, 0.5) is 0 Å². The Morgan fingerprint density at radius 2 is 1.79 bits per heavy atom. The van der Waals surface area contributed by atoms with Gasteiger partial charge in [-0.2, -0.15) is 5.10 Å². The topological polar surface area (TPSA) is 104 Å². The number of carbonyl (C=O) groups excluding carboxylic acids is 1. The van der Waals surface area contributed by atoms with Crippen LogP contribution in [0.1, 0.15) is 31.4 Å². The van der Waals surface area contributed by atoms with Crippen molar-refractivity contribution in [2.45, 2.75) is 26.3 Å². The van der Waals surface area contributed by atoms with Crippen LogP contribution < -0.4 is 10.9 Å². The minimum absolute atomic E-state index is 0.0702. The van der Waals surface area contributed by atoms with Crippen LogP contribution in [0, 0.1) is 5.92 Å². The Labute approximate surface area is 161 Å². The molecule has 0 spiro atoms. The summed E-state index contributed by atoms with van der Waals surface area (Å²) >= 11 is 0. The maximum atomic E-state index is 12.8. The summed E-state index contributed by atoms with van der Waals surface area (Å²) in [5.41, 5.74) is 2.08. The Hall–Kier alpha value is -3.48. The second-order valence-corrected chi connectivity index (χ2v) is 7.15. The van der Waals surface area contributed by atoms with Crippen LogP contribution >= 0.6 is 0 Å². The van der Waals surface area contributed by atoms with Crippen LogP contribution in [0.15, 0.2) is 53.3 Å². The highest BCUT2D eigenvalue weighted by Crippen LogP contribution is 2.22. The van der Waals surface area contributed by atoms with Crippen molar-refractivity contribution in [3.8, 4) is 0 Å². The Kier molecular flexibility index (Phi) is 4.65. The molecule has 28 heavy (non-hydrogen) atoms. The monoisotopic (exact) mass is 375 g/mol. The zero-order valence-electron chi connectivity index (χ0n) is 15.7.